The van der Waals surface area contributed by atoms with Gasteiger partial charge in [0.15, 0.2) is 0 Å². The number of para-hydroxylation sites is 2. The molecule has 174 valence electrons. The fraction of sp³-hybridized carbons (Fsp3) is 0.259. The molecule has 7 heteroatoms. The van der Waals surface area contributed by atoms with Crippen LogP contribution >= 0.6 is 23.2 Å². The molecule has 0 aliphatic carbocycles. The molecule has 1 N–H and O–H groups in total. The Morgan fingerprint density at radius 3 is 2.62 bits per heavy atom. The molecule has 0 spiro atoms. The predicted molar refractivity (Wildman–Crippen MR) is 138 cm³/mol. The summed E-state index contributed by atoms with van der Waals surface area (Å²) in [6, 6.07) is 23.5. The normalized spacial score (nSPS) is 16.6. The van der Waals surface area contributed by atoms with Crippen molar-refractivity contribution >= 4 is 45.8 Å². The third kappa shape index (κ3) is 5.27. The first kappa shape index (κ1) is 22.9. The number of piperidine rings is 1. The third-order valence-electron chi connectivity index (χ3n) is 6.32. The maximum absolute atomic E-state index is 12.9. The average molecular weight is 493 g/mol. The van der Waals surface area contributed by atoms with Crippen molar-refractivity contribution in [1.29, 1.82) is 0 Å². The highest BCUT2D eigenvalue weighted by Gasteiger charge is 2.27. The molecule has 5 nitrogen and oxygen atoms in total. The Morgan fingerprint density at radius 2 is 1.79 bits per heavy atom. The number of nitrogens with one attached hydrogen (secondary N) is 1. The van der Waals surface area contributed by atoms with Crippen LogP contribution in [-0.4, -0.2) is 33.4 Å². The second kappa shape index (κ2) is 10.2. The quantitative estimate of drug-likeness (QED) is 0.346. The summed E-state index contributed by atoms with van der Waals surface area (Å²) < 4.78 is 2.27. The molecule has 0 radical (unpaired) electrons. The zero-order valence-electron chi connectivity index (χ0n) is 18.8. The number of rotatable bonds is 6. The summed E-state index contributed by atoms with van der Waals surface area (Å²) >= 11 is 12.1. The molecule has 2 heterocycles. The summed E-state index contributed by atoms with van der Waals surface area (Å²) in [4.78, 5) is 20.2. The second-order valence-electron chi connectivity index (χ2n) is 8.80. The predicted octanol–water partition coefficient (Wildman–Crippen LogP) is 6.24. The number of hydrogen-bond donors (Lipinski definition) is 1. The number of benzene rings is 3. The average Bonchev–Trinajstić information content (AvgIpc) is 3.17. The van der Waals surface area contributed by atoms with E-state index in [1.807, 2.05) is 36.4 Å². The van der Waals surface area contributed by atoms with E-state index in [0.717, 1.165) is 53.5 Å². The first-order valence-corrected chi connectivity index (χ1v) is 12.3. The largest absolute Gasteiger partial charge is 0.326 e. The number of aromatic nitrogens is 2. The lowest BCUT2D eigenvalue weighted by Crippen LogP contribution is -2.40. The van der Waals surface area contributed by atoms with Gasteiger partial charge in [-0.15, -0.1) is 0 Å². The highest BCUT2D eigenvalue weighted by Crippen LogP contribution is 2.24. The van der Waals surface area contributed by atoms with Gasteiger partial charge in [-0.2, -0.15) is 0 Å². The van der Waals surface area contributed by atoms with Gasteiger partial charge in [-0.25, -0.2) is 4.98 Å². The van der Waals surface area contributed by atoms with Gasteiger partial charge < -0.3 is 9.88 Å². The molecule has 0 bridgehead atoms. The topological polar surface area (TPSA) is 50.2 Å². The SMILES string of the molecule is O=C(Nc1cccc(Cl)c1)[C@@H]1CCCN(Cc2nc3ccccc3n2Cc2ccc(Cl)cc2)C1. The number of carbonyl (C=O) groups is 1. The zero-order chi connectivity index (χ0) is 23.5. The molecule has 1 aliphatic rings. The van der Waals surface area contributed by atoms with Crippen LogP contribution in [0.1, 0.15) is 24.2 Å². The molecule has 1 aliphatic heterocycles. The van der Waals surface area contributed by atoms with Gasteiger partial charge in [0.05, 0.1) is 23.5 Å². The standard InChI is InChI=1S/C27H26Cl2N4O/c28-21-12-10-19(11-13-21)16-33-25-9-2-1-8-24(25)31-26(33)18-32-14-4-5-20(17-32)27(34)30-23-7-3-6-22(29)15-23/h1-3,6-13,15,20H,4-5,14,16-18H2,(H,30,34)/t20-/m1/s1. The number of anilines is 1. The summed E-state index contributed by atoms with van der Waals surface area (Å²) in [6.07, 6.45) is 1.86. The van der Waals surface area contributed by atoms with E-state index in [4.69, 9.17) is 28.2 Å². The molecule has 34 heavy (non-hydrogen) atoms. The monoisotopic (exact) mass is 492 g/mol. The van der Waals surface area contributed by atoms with Gasteiger partial charge in [-0.05, 0) is 67.4 Å². The van der Waals surface area contributed by atoms with Crippen LogP contribution < -0.4 is 5.32 Å². The Labute approximate surface area is 209 Å². The lowest BCUT2D eigenvalue weighted by Gasteiger charge is -2.31. The fourth-order valence-electron chi connectivity index (χ4n) is 4.62. The van der Waals surface area contributed by atoms with E-state index in [-0.39, 0.29) is 11.8 Å². The van der Waals surface area contributed by atoms with Crippen molar-refractivity contribution in [3.8, 4) is 0 Å². The minimum atomic E-state index is -0.0678. The van der Waals surface area contributed by atoms with Crippen molar-refractivity contribution in [3.05, 3.63) is 94.2 Å². The van der Waals surface area contributed by atoms with Crippen molar-refractivity contribution < 1.29 is 4.79 Å². The highest BCUT2D eigenvalue weighted by atomic mass is 35.5. The van der Waals surface area contributed by atoms with Crippen LogP contribution in [0.15, 0.2) is 72.8 Å². The van der Waals surface area contributed by atoms with Crippen LogP contribution in [0, 0.1) is 5.92 Å². The van der Waals surface area contributed by atoms with Gasteiger partial charge in [-0.1, -0.05) is 53.5 Å². The van der Waals surface area contributed by atoms with Crippen LogP contribution in [0.5, 0.6) is 0 Å². The smallest absolute Gasteiger partial charge is 0.228 e. The third-order valence-corrected chi connectivity index (χ3v) is 6.81. The second-order valence-corrected chi connectivity index (χ2v) is 9.68. The van der Waals surface area contributed by atoms with Gasteiger partial charge >= 0.3 is 0 Å². The highest BCUT2D eigenvalue weighted by molar-refractivity contribution is 6.31. The molecular formula is C27H26Cl2N4O. The molecule has 4 aromatic rings. The van der Waals surface area contributed by atoms with Crippen molar-refractivity contribution in [1.82, 2.24) is 14.5 Å². The maximum atomic E-state index is 12.9. The first-order chi connectivity index (χ1) is 16.5. The summed E-state index contributed by atoms with van der Waals surface area (Å²) in [7, 11) is 0. The number of fused-ring (bicyclic) bond motifs is 1. The van der Waals surface area contributed by atoms with Crippen LogP contribution in [0.3, 0.4) is 0 Å². The summed E-state index contributed by atoms with van der Waals surface area (Å²) in [6.45, 7) is 3.07. The van der Waals surface area contributed by atoms with Gasteiger partial charge in [0.25, 0.3) is 0 Å². The van der Waals surface area contributed by atoms with Crippen molar-refractivity contribution in [2.75, 3.05) is 18.4 Å². The number of hydrogen-bond acceptors (Lipinski definition) is 3. The molecule has 1 fully saturated rings. The molecule has 1 atom stereocenters. The Kier molecular flexibility index (Phi) is 6.86. The number of amides is 1. The van der Waals surface area contributed by atoms with Gasteiger partial charge in [0.1, 0.15) is 5.82 Å². The number of carbonyl (C=O) groups excluding carboxylic acids is 1. The number of imidazole rings is 1. The summed E-state index contributed by atoms with van der Waals surface area (Å²) in [5.41, 5.74) is 4.00. The van der Waals surface area contributed by atoms with Gasteiger partial charge in [0.2, 0.25) is 5.91 Å². The molecular weight excluding hydrogens is 467 g/mol. The van der Waals surface area contributed by atoms with Crippen LogP contribution in [-0.2, 0) is 17.9 Å². The van der Waals surface area contributed by atoms with E-state index in [1.54, 1.807) is 12.1 Å². The van der Waals surface area contributed by atoms with Gasteiger partial charge in [0, 0.05) is 28.8 Å². The first-order valence-electron chi connectivity index (χ1n) is 11.5. The van der Waals surface area contributed by atoms with Crippen molar-refractivity contribution in [2.45, 2.75) is 25.9 Å². The molecule has 1 saturated heterocycles. The molecule has 0 unspecified atom stereocenters. The Balaban J connectivity index is 1.33. The van der Waals surface area contributed by atoms with Crippen LogP contribution in [0.4, 0.5) is 5.69 Å². The Morgan fingerprint density at radius 1 is 0.971 bits per heavy atom. The Hall–Kier alpha value is -2.86. The Bertz CT molecular complexity index is 1300. The van der Waals surface area contributed by atoms with Crippen molar-refractivity contribution in [2.24, 2.45) is 5.92 Å². The molecule has 5 rings (SSSR count). The van der Waals surface area contributed by atoms with E-state index in [9.17, 15) is 4.79 Å². The number of nitrogens with zero attached hydrogens (tertiary/aromatic N) is 3. The maximum Gasteiger partial charge on any atom is 0.228 e. The van der Waals surface area contributed by atoms with E-state index in [1.165, 1.54) is 5.56 Å². The lowest BCUT2D eigenvalue weighted by atomic mass is 9.97. The zero-order valence-corrected chi connectivity index (χ0v) is 20.3. The van der Waals surface area contributed by atoms with Crippen LogP contribution in [0.2, 0.25) is 10.0 Å². The number of likely N-dealkylation sites (tertiary alicyclic amines) is 1. The van der Waals surface area contributed by atoms with Crippen LogP contribution in [0.25, 0.3) is 11.0 Å². The molecule has 3 aromatic carbocycles. The van der Waals surface area contributed by atoms with Crippen molar-refractivity contribution in [3.63, 3.8) is 0 Å². The van der Waals surface area contributed by atoms with E-state index in [0.29, 0.717) is 18.1 Å². The van der Waals surface area contributed by atoms with Gasteiger partial charge in [-0.3, -0.25) is 9.69 Å². The minimum absolute atomic E-state index is 0.0432. The lowest BCUT2D eigenvalue weighted by molar-refractivity contribution is -0.121. The fourth-order valence-corrected chi connectivity index (χ4v) is 4.93. The van der Waals surface area contributed by atoms with E-state index in [2.05, 4.69) is 39.0 Å². The molecule has 1 aromatic heterocycles. The number of halogens is 2. The summed E-state index contributed by atoms with van der Waals surface area (Å²) in [5, 5.41) is 4.37. The van der Waals surface area contributed by atoms with E-state index < -0.39 is 0 Å². The molecule has 0 saturated carbocycles. The minimum Gasteiger partial charge on any atom is -0.326 e. The molecule has 1 amide bonds. The van der Waals surface area contributed by atoms with E-state index >= 15 is 0 Å². The summed E-state index contributed by atoms with van der Waals surface area (Å²) in [5.74, 6) is 0.982.